The maximum Gasteiger partial charge on any atom is 0.140 e. The summed E-state index contributed by atoms with van der Waals surface area (Å²) in [5.41, 5.74) is 0. The molecule has 96 valence electrons. The van der Waals surface area contributed by atoms with Crippen molar-refractivity contribution in [2.75, 3.05) is 12.3 Å². The van der Waals surface area contributed by atoms with E-state index in [0.29, 0.717) is 0 Å². The highest BCUT2D eigenvalue weighted by Gasteiger charge is 2.03. The first kappa shape index (κ1) is 13.1. The van der Waals surface area contributed by atoms with E-state index in [0.717, 1.165) is 31.2 Å². The maximum absolute atomic E-state index is 4.26. The minimum absolute atomic E-state index is 0.784. The van der Waals surface area contributed by atoms with Crippen molar-refractivity contribution >= 4 is 11.8 Å². The normalized spacial score (nSPS) is 10.7. The van der Waals surface area contributed by atoms with Gasteiger partial charge in [0.2, 0.25) is 0 Å². The Kier molecular flexibility index (Phi) is 5.23. The predicted octanol–water partition coefficient (Wildman–Crippen LogP) is 2.18. The van der Waals surface area contributed by atoms with E-state index < -0.39 is 0 Å². The highest BCUT2D eigenvalue weighted by molar-refractivity contribution is 7.99. The molecule has 5 heteroatoms. The molecule has 2 aromatic rings. The molecule has 18 heavy (non-hydrogen) atoms. The highest BCUT2D eigenvalue weighted by Crippen LogP contribution is 2.16. The van der Waals surface area contributed by atoms with Crippen LogP contribution in [0.2, 0.25) is 0 Å². The smallest absolute Gasteiger partial charge is 0.140 e. The minimum atomic E-state index is 0.784. The lowest BCUT2D eigenvalue weighted by Gasteiger charge is -2.06. The number of benzene rings is 1. The van der Waals surface area contributed by atoms with E-state index in [2.05, 4.69) is 46.6 Å². The van der Waals surface area contributed by atoms with Gasteiger partial charge < -0.3 is 5.32 Å². The number of thioether (sulfide) groups is 1. The topological polar surface area (TPSA) is 42.7 Å². The lowest BCUT2D eigenvalue weighted by Crippen LogP contribution is -2.17. The van der Waals surface area contributed by atoms with Gasteiger partial charge in [0.1, 0.15) is 12.2 Å². The third kappa shape index (κ3) is 3.85. The third-order valence-electron chi connectivity index (χ3n) is 2.54. The van der Waals surface area contributed by atoms with Crippen molar-refractivity contribution in [3.63, 3.8) is 0 Å². The molecule has 0 fully saturated rings. The second-order valence-corrected chi connectivity index (χ2v) is 5.01. The fourth-order valence-corrected chi connectivity index (χ4v) is 2.46. The monoisotopic (exact) mass is 262 g/mol. The zero-order valence-electron chi connectivity index (χ0n) is 10.5. The van der Waals surface area contributed by atoms with Gasteiger partial charge in [0.05, 0.1) is 13.1 Å². The highest BCUT2D eigenvalue weighted by atomic mass is 32.2. The summed E-state index contributed by atoms with van der Waals surface area (Å²) in [6.45, 7) is 4.71. The van der Waals surface area contributed by atoms with Crippen LogP contribution in [0, 0.1) is 0 Å². The summed E-state index contributed by atoms with van der Waals surface area (Å²) >= 11 is 1.84. The van der Waals surface area contributed by atoms with Crippen LogP contribution in [0.1, 0.15) is 12.7 Å². The van der Waals surface area contributed by atoms with Crippen LogP contribution in [0.5, 0.6) is 0 Å². The van der Waals surface area contributed by atoms with Gasteiger partial charge in [-0.15, -0.1) is 11.8 Å². The van der Waals surface area contributed by atoms with Crippen LogP contribution in [-0.4, -0.2) is 27.1 Å². The first-order valence-electron chi connectivity index (χ1n) is 6.15. The molecule has 0 aliphatic carbocycles. The molecule has 0 saturated carbocycles. The fourth-order valence-electron chi connectivity index (χ4n) is 1.62. The average molecular weight is 262 g/mol. The Balaban J connectivity index is 1.81. The molecule has 0 aliphatic heterocycles. The zero-order valence-corrected chi connectivity index (χ0v) is 11.4. The Morgan fingerprint density at radius 3 is 2.89 bits per heavy atom. The fraction of sp³-hybridized carbons (Fsp3) is 0.385. The minimum Gasteiger partial charge on any atom is -0.310 e. The number of hydrogen-bond donors (Lipinski definition) is 1. The second kappa shape index (κ2) is 7.18. The summed E-state index contributed by atoms with van der Waals surface area (Å²) in [4.78, 5) is 5.56. The standard InChI is InChI=1S/C13H18N4S/c1-2-14-10-13-15-11-16-17(13)8-9-18-12-6-4-3-5-7-12/h3-7,11,14H,2,8-10H2,1H3. The quantitative estimate of drug-likeness (QED) is 0.777. The molecular weight excluding hydrogens is 244 g/mol. The molecule has 0 unspecified atom stereocenters. The Morgan fingerprint density at radius 2 is 2.11 bits per heavy atom. The van der Waals surface area contributed by atoms with Crippen LogP contribution in [0.3, 0.4) is 0 Å². The molecular formula is C13H18N4S. The summed E-state index contributed by atoms with van der Waals surface area (Å²) in [5, 5.41) is 7.52. The van der Waals surface area contributed by atoms with E-state index in [1.807, 2.05) is 22.5 Å². The number of nitrogens with one attached hydrogen (secondary N) is 1. The number of hydrogen-bond acceptors (Lipinski definition) is 4. The molecule has 0 atom stereocenters. The predicted molar refractivity (Wildman–Crippen MR) is 74.6 cm³/mol. The van der Waals surface area contributed by atoms with Crippen molar-refractivity contribution < 1.29 is 0 Å². The lowest BCUT2D eigenvalue weighted by atomic mass is 10.4. The third-order valence-corrected chi connectivity index (χ3v) is 3.54. The van der Waals surface area contributed by atoms with Gasteiger partial charge >= 0.3 is 0 Å². The molecule has 1 heterocycles. The molecule has 0 aliphatic rings. The van der Waals surface area contributed by atoms with Crippen molar-refractivity contribution in [2.45, 2.75) is 24.9 Å². The van der Waals surface area contributed by atoms with Gasteiger partial charge in [-0.2, -0.15) is 5.10 Å². The van der Waals surface area contributed by atoms with Crippen LogP contribution in [0.4, 0.5) is 0 Å². The molecule has 0 radical (unpaired) electrons. The van der Waals surface area contributed by atoms with Crippen molar-refractivity contribution in [3.05, 3.63) is 42.5 Å². The number of aryl methyl sites for hydroxylation is 1. The molecule has 1 aromatic carbocycles. The van der Waals surface area contributed by atoms with E-state index in [1.54, 1.807) is 6.33 Å². The summed E-state index contributed by atoms with van der Waals surface area (Å²) in [6, 6.07) is 10.4. The molecule has 0 bridgehead atoms. The van der Waals surface area contributed by atoms with E-state index in [4.69, 9.17) is 0 Å². The Hall–Kier alpha value is -1.33. The molecule has 0 saturated heterocycles. The van der Waals surface area contributed by atoms with Crippen LogP contribution in [0.25, 0.3) is 0 Å². The van der Waals surface area contributed by atoms with Crippen molar-refractivity contribution in [2.24, 2.45) is 0 Å². The lowest BCUT2D eigenvalue weighted by molar-refractivity contribution is 0.584. The summed E-state index contributed by atoms with van der Waals surface area (Å²) in [7, 11) is 0. The zero-order chi connectivity index (χ0) is 12.6. The second-order valence-electron chi connectivity index (χ2n) is 3.84. The van der Waals surface area contributed by atoms with Crippen LogP contribution in [-0.2, 0) is 13.1 Å². The molecule has 0 spiro atoms. The average Bonchev–Trinajstić information content (AvgIpc) is 2.85. The van der Waals surface area contributed by atoms with E-state index in [9.17, 15) is 0 Å². The molecule has 1 aromatic heterocycles. The molecule has 0 amide bonds. The van der Waals surface area contributed by atoms with E-state index >= 15 is 0 Å². The van der Waals surface area contributed by atoms with Crippen LogP contribution < -0.4 is 5.32 Å². The Morgan fingerprint density at radius 1 is 1.28 bits per heavy atom. The largest absolute Gasteiger partial charge is 0.310 e. The number of rotatable bonds is 7. The van der Waals surface area contributed by atoms with E-state index in [1.165, 1.54) is 4.90 Å². The maximum atomic E-state index is 4.26. The van der Waals surface area contributed by atoms with E-state index in [-0.39, 0.29) is 0 Å². The molecule has 1 N–H and O–H groups in total. The Bertz CT molecular complexity index is 455. The summed E-state index contributed by atoms with van der Waals surface area (Å²) in [5.74, 6) is 2.01. The summed E-state index contributed by atoms with van der Waals surface area (Å²) < 4.78 is 1.97. The van der Waals surface area contributed by atoms with Crippen molar-refractivity contribution in [3.8, 4) is 0 Å². The first-order chi connectivity index (χ1) is 8.90. The van der Waals surface area contributed by atoms with Crippen LogP contribution in [0.15, 0.2) is 41.6 Å². The molecule has 2 rings (SSSR count). The SMILES string of the molecule is CCNCc1ncnn1CCSc1ccccc1. The van der Waals surface area contributed by atoms with Gasteiger partial charge in [0.25, 0.3) is 0 Å². The van der Waals surface area contributed by atoms with Gasteiger partial charge in [0, 0.05) is 10.6 Å². The first-order valence-corrected chi connectivity index (χ1v) is 7.14. The molecule has 4 nitrogen and oxygen atoms in total. The summed E-state index contributed by atoms with van der Waals surface area (Å²) in [6.07, 6.45) is 1.62. The van der Waals surface area contributed by atoms with Gasteiger partial charge in [0.15, 0.2) is 0 Å². The Labute approximate surface area is 112 Å². The number of nitrogens with zero attached hydrogens (tertiary/aromatic N) is 3. The van der Waals surface area contributed by atoms with Crippen molar-refractivity contribution in [1.82, 2.24) is 20.1 Å². The van der Waals surface area contributed by atoms with Crippen molar-refractivity contribution in [1.29, 1.82) is 0 Å². The van der Waals surface area contributed by atoms with Gasteiger partial charge in [-0.1, -0.05) is 25.1 Å². The number of aromatic nitrogens is 3. The van der Waals surface area contributed by atoms with Gasteiger partial charge in [-0.25, -0.2) is 9.67 Å². The van der Waals surface area contributed by atoms with Gasteiger partial charge in [-0.05, 0) is 18.7 Å². The van der Waals surface area contributed by atoms with Crippen LogP contribution >= 0.6 is 11.8 Å². The van der Waals surface area contributed by atoms with Gasteiger partial charge in [-0.3, -0.25) is 0 Å².